The Bertz CT molecular complexity index is 855. The standard InChI is InChI=1S/C40H75NO9/c1-3-5-7-9-11-13-14-15-16-17-18-19-20-21-23-24-26-28-33(43)32(31-49-40-38(47)37(46)36(45)35(30-42)50-40)41-39(48)34(44)29-27-25-22-12-10-8-6-4-2/h20-21,26,28,32-38,40,42-47H,3-19,22-25,27,29-31H2,1-2H3,(H,41,48)/b21-20+,28-26+. The quantitative estimate of drug-likeness (QED) is 0.0320. The van der Waals surface area contributed by atoms with Crippen LogP contribution in [0.25, 0.3) is 0 Å². The van der Waals surface area contributed by atoms with Crippen molar-refractivity contribution in [1.29, 1.82) is 0 Å². The molecular weight excluding hydrogens is 638 g/mol. The van der Waals surface area contributed by atoms with E-state index in [0.29, 0.717) is 19.3 Å². The second kappa shape index (κ2) is 31.2. The number of nitrogens with one attached hydrogen (secondary N) is 1. The van der Waals surface area contributed by atoms with Crippen molar-refractivity contribution in [3.8, 4) is 0 Å². The van der Waals surface area contributed by atoms with Gasteiger partial charge in [-0.05, 0) is 32.1 Å². The zero-order valence-electron chi connectivity index (χ0n) is 31.5. The smallest absolute Gasteiger partial charge is 0.249 e. The predicted molar refractivity (Wildman–Crippen MR) is 199 cm³/mol. The van der Waals surface area contributed by atoms with Crippen LogP contribution in [0.3, 0.4) is 0 Å². The maximum Gasteiger partial charge on any atom is 0.249 e. The van der Waals surface area contributed by atoms with Crippen molar-refractivity contribution in [3.05, 3.63) is 24.3 Å². The topological polar surface area (TPSA) is 169 Å². The van der Waals surface area contributed by atoms with E-state index in [1.54, 1.807) is 6.08 Å². The minimum absolute atomic E-state index is 0.304. The Hall–Kier alpha value is -1.37. The molecule has 294 valence electrons. The molecule has 7 N–H and O–H groups in total. The van der Waals surface area contributed by atoms with Gasteiger partial charge in [0.2, 0.25) is 5.91 Å². The zero-order valence-corrected chi connectivity index (χ0v) is 31.5. The average Bonchev–Trinajstić information content (AvgIpc) is 3.11. The molecule has 1 aliphatic rings. The number of hydrogen-bond donors (Lipinski definition) is 7. The monoisotopic (exact) mass is 714 g/mol. The highest BCUT2D eigenvalue weighted by molar-refractivity contribution is 5.80. The maximum absolute atomic E-state index is 12.9. The van der Waals surface area contributed by atoms with Gasteiger partial charge in [0.25, 0.3) is 0 Å². The van der Waals surface area contributed by atoms with Crippen molar-refractivity contribution >= 4 is 5.91 Å². The molecular formula is C40H75NO9. The van der Waals surface area contributed by atoms with Crippen LogP contribution in [-0.4, -0.2) is 98.7 Å². The van der Waals surface area contributed by atoms with E-state index in [9.17, 15) is 35.4 Å². The second-order valence-corrected chi connectivity index (χ2v) is 14.2. The molecule has 50 heavy (non-hydrogen) atoms. The van der Waals surface area contributed by atoms with Crippen molar-refractivity contribution in [2.24, 2.45) is 0 Å². The number of rotatable bonds is 32. The van der Waals surface area contributed by atoms with Crippen LogP contribution in [0, 0.1) is 0 Å². The summed E-state index contributed by atoms with van der Waals surface area (Å²) in [4.78, 5) is 12.9. The summed E-state index contributed by atoms with van der Waals surface area (Å²) in [5, 5.41) is 64.2. The number of ether oxygens (including phenoxy) is 2. The molecule has 0 radical (unpaired) electrons. The van der Waals surface area contributed by atoms with Gasteiger partial charge in [0, 0.05) is 0 Å². The van der Waals surface area contributed by atoms with Crippen molar-refractivity contribution in [3.63, 3.8) is 0 Å². The molecule has 0 aromatic carbocycles. The summed E-state index contributed by atoms with van der Waals surface area (Å²) in [6.45, 7) is 3.52. The molecule has 0 aromatic heterocycles. The van der Waals surface area contributed by atoms with Crippen molar-refractivity contribution < 1.29 is 44.9 Å². The number of carbonyl (C=O) groups excluding carboxylic acids is 1. The molecule has 10 nitrogen and oxygen atoms in total. The third-order valence-electron chi connectivity index (χ3n) is 9.64. The summed E-state index contributed by atoms with van der Waals surface area (Å²) in [5.41, 5.74) is 0. The van der Waals surface area contributed by atoms with E-state index in [0.717, 1.165) is 32.1 Å². The summed E-state index contributed by atoms with van der Waals surface area (Å²) in [5.74, 6) is -0.631. The number of carbonyl (C=O) groups is 1. The van der Waals surface area contributed by atoms with Gasteiger partial charge in [-0.1, -0.05) is 154 Å². The minimum Gasteiger partial charge on any atom is -0.394 e. The van der Waals surface area contributed by atoms with Crippen molar-refractivity contribution in [1.82, 2.24) is 5.32 Å². The highest BCUT2D eigenvalue weighted by Gasteiger charge is 2.44. The lowest BCUT2D eigenvalue weighted by atomic mass is 9.99. The van der Waals surface area contributed by atoms with Gasteiger partial charge in [-0.3, -0.25) is 4.79 Å². The SMILES string of the molecule is CCCCCCCCCCCCC/C=C/CC/C=C/C(O)C(COC1OC(CO)C(O)C(O)C1O)NC(=O)C(O)CCCCCCCCCC. The first-order chi connectivity index (χ1) is 24.3. The Kier molecular flexibility index (Phi) is 29.1. The van der Waals surface area contributed by atoms with Crippen molar-refractivity contribution in [2.75, 3.05) is 13.2 Å². The van der Waals surface area contributed by atoms with Gasteiger partial charge in [0.05, 0.1) is 25.4 Å². The fourth-order valence-electron chi connectivity index (χ4n) is 6.24. The fraction of sp³-hybridized carbons (Fsp3) is 0.875. The van der Waals surface area contributed by atoms with Crippen LogP contribution in [0.4, 0.5) is 0 Å². The fourth-order valence-corrected chi connectivity index (χ4v) is 6.24. The second-order valence-electron chi connectivity index (χ2n) is 14.2. The zero-order chi connectivity index (χ0) is 36.8. The predicted octanol–water partition coefficient (Wildman–Crippen LogP) is 6.13. The van der Waals surface area contributed by atoms with Gasteiger partial charge in [-0.15, -0.1) is 0 Å². The van der Waals surface area contributed by atoms with E-state index in [4.69, 9.17) is 9.47 Å². The maximum atomic E-state index is 12.9. The van der Waals surface area contributed by atoms with Gasteiger partial charge in [0.15, 0.2) is 6.29 Å². The summed E-state index contributed by atoms with van der Waals surface area (Å²) >= 11 is 0. The molecule has 8 unspecified atom stereocenters. The molecule has 1 fully saturated rings. The highest BCUT2D eigenvalue weighted by Crippen LogP contribution is 2.22. The molecule has 0 bridgehead atoms. The average molecular weight is 714 g/mol. The minimum atomic E-state index is -1.61. The van der Waals surface area contributed by atoms with E-state index in [1.165, 1.54) is 96.3 Å². The molecule has 1 aliphatic heterocycles. The van der Waals surface area contributed by atoms with E-state index >= 15 is 0 Å². The van der Waals surface area contributed by atoms with Crippen LogP contribution in [0.5, 0.6) is 0 Å². The molecule has 1 amide bonds. The van der Waals surface area contributed by atoms with Gasteiger partial charge < -0.3 is 45.4 Å². The lowest BCUT2D eigenvalue weighted by molar-refractivity contribution is -0.302. The normalized spacial score (nSPS) is 23.1. The van der Waals surface area contributed by atoms with Gasteiger partial charge in [-0.2, -0.15) is 0 Å². The van der Waals surface area contributed by atoms with E-state index in [-0.39, 0.29) is 6.61 Å². The Morgan fingerprint density at radius 1 is 0.680 bits per heavy atom. The van der Waals surface area contributed by atoms with Gasteiger partial charge in [-0.25, -0.2) is 0 Å². The van der Waals surface area contributed by atoms with E-state index in [1.807, 2.05) is 6.08 Å². The number of unbranched alkanes of at least 4 members (excludes halogenated alkanes) is 19. The molecule has 1 rings (SSSR count). The first-order valence-electron chi connectivity index (χ1n) is 20.2. The van der Waals surface area contributed by atoms with E-state index < -0.39 is 61.5 Å². The summed E-state index contributed by atoms with van der Waals surface area (Å²) in [7, 11) is 0. The Balaban J connectivity index is 2.51. The van der Waals surface area contributed by atoms with Crippen LogP contribution in [0.1, 0.15) is 162 Å². The molecule has 1 heterocycles. The van der Waals surface area contributed by atoms with Crippen LogP contribution in [-0.2, 0) is 14.3 Å². The van der Waals surface area contributed by atoms with Crippen LogP contribution >= 0.6 is 0 Å². The first kappa shape index (κ1) is 46.7. The first-order valence-corrected chi connectivity index (χ1v) is 20.2. The molecule has 0 aliphatic carbocycles. The number of allylic oxidation sites excluding steroid dienone is 3. The largest absolute Gasteiger partial charge is 0.394 e. The third kappa shape index (κ3) is 21.9. The molecule has 0 saturated carbocycles. The number of amides is 1. The third-order valence-corrected chi connectivity index (χ3v) is 9.64. The van der Waals surface area contributed by atoms with Crippen molar-refractivity contribution in [2.45, 2.75) is 210 Å². The van der Waals surface area contributed by atoms with Gasteiger partial charge >= 0.3 is 0 Å². The lowest BCUT2D eigenvalue weighted by Crippen LogP contribution is -2.60. The number of aliphatic hydroxyl groups is 6. The van der Waals surface area contributed by atoms with Crippen LogP contribution in [0.15, 0.2) is 24.3 Å². The Labute approximate surface area is 303 Å². The summed E-state index contributed by atoms with van der Waals surface area (Å²) in [6.07, 6.45) is 24.3. The van der Waals surface area contributed by atoms with Crippen LogP contribution in [0.2, 0.25) is 0 Å². The number of aliphatic hydroxyl groups excluding tert-OH is 6. The molecule has 0 spiro atoms. The number of hydrogen-bond acceptors (Lipinski definition) is 9. The molecule has 1 saturated heterocycles. The van der Waals surface area contributed by atoms with Gasteiger partial charge in [0.1, 0.15) is 30.5 Å². The summed E-state index contributed by atoms with van der Waals surface area (Å²) in [6, 6.07) is -0.990. The Morgan fingerprint density at radius 2 is 1.18 bits per heavy atom. The molecule has 10 heteroatoms. The van der Waals surface area contributed by atoms with E-state index in [2.05, 4.69) is 31.3 Å². The Morgan fingerprint density at radius 3 is 1.74 bits per heavy atom. The van der Waals surface area contributed by atoms with Crippen LogP contribution < -0.4 is 5.32 Å². The molecule has 0 aromatic rings. The lowest BCUT2D eigenvalue weighted by Gasteiger charge is -2.40. The highest BCUT2D eigenvalue weighted by atomic mass is 16.7. The summed E-state index contributed by atoms with van der Waals surface area (Å²) < 4.78 is 11.1. The molecule has 8 atom stereocenters.